The maximum absolute atomic E-state index is 9.28. The molecule has 1 aromatic rings. The fourth-order valence-electron chi connectivity index (χ4n) is 2.68. The number of aliphatic hydroxyl groups excluding tert-OH is 1. The van der Waals surface area contributed by atoms with E-state index in [2.05, 4.69) is 37.5 Å². The first kappa shape index (κ1) is 14.0. The molecule has 1 aliphatic rings. The Morgan fingerprint density at radius 2 is 2.28 bits per heavy atom. The molecule has 1 aromatic heterocycles. The molecule has 0 saturated carbocycles. The lowest BCUT2D eigenvalue weighted by Gasteiger charge is -2.31. The molecule has 0 aromatic carbocycles. The van der Waals surface area contributed by atoms with Crippen LogP contribution in [0.1, 0.15) is 31.2 Å². The van der Waals surface area contributed by atoms with Gasteiger partial charge in [0.25, 0.3) is 0 Å². The van der Waals surface area contributed by atoms with Gasteiger partial charge in [-0.2, -0.15) is 5.10 Å². The van der Waals surface area contributed by atoms with Crippen molar-refractivity contribution in [1.29, 1.82) is 0 Å². The minimum absolute atomic E-state index is 0.309. The number of nitrogens with zero attached hydrogens (tertiary/aromatic N) is 3. The van der Waals surface area contributed by atoms with E-state index in [-0.39, 0.29) is 0 Å². The third kappa shape index (κ3) is 2.95. The number of aryl methyl sites for hydroxylation is 2. The summed E-state index contributed by atoms with van der Waals surface area (Å²) in [4.78, 5) is 2.43. The summed E-state index contributed by atoms with van der Waals surface area (Å²) in [6.07, 6.45) is 2.34. The zero-order chi connectivity index (χ0) is 13.1. The molecule has 18 heavy (non-hydrogen) atoms. The fourth-order valence-corrected chi connectivity index (χ4v) is 3.09. The SMILES string of the molecule is CCn1nc(C)c(Br)c1CN1CCCC(CO)C1. The minimum Gasteiger partial charge on any atom is -0.396 e. The van der Waals surface area contributed by atoms with Crippen LogP contribution in [0.25, 0.3) is 0 Å². The van der Waals surface area contributed by atoms with E-state index in [1.54, 1.807) is 0 Å². The van der Waals surface area contributed by atoms with Gasteiger partial charge in [0, 0.05) is 26.2 Å². The minimum atomic E-state index is 0.309. The molecule has 1 aliphatic heterocycles. The Morgan fingerprint density at radius 1 is 1.50 bits per heavy atom. The predicted octanol–water partition coefficient (Wildman–Crippen LogP) is 2.18. The van der Waals surface area contributed by atoms with Crippen molar-refractivity contribution in [3.05, 3.63) is 15.9 Å². The van der Waals surface area contributed by atoms with Crippen LogP contribution < -0.4 is 0 Å². The maximum Gasteiger partial charge on any atom is 0.0739 e. The highest BCUT2D eigenvalue weighted by Crippen LogP contribution is 2.25. The van der Waals surface area contributed by atoms with Crippen molar-refractivity contribution in [2.75, 3.05) is 19.7 Å². The van der Waals surface area contributed by atoms with Gasteiger partial charge in [-0.1, -0.05) is 0 Å². The Bertz CT molecular complexity index is 405. The highest BCUT2D eigenvalue weighted by atomic mass is 79.9. The first-order valence-electron chi connectivity index (χ1n) is 6.70. The van der Waals surface area contributed by atoms with Gasteiger partial charge >= 0.3 is 0 Å². The first-order valence-corrected chi connectivity index (χ1v) is 7.50. The van der Waals surface area contributed by atoms with Crippen molar-refractivity contribution >= 4 is 15.9 Å². The monoisotopic (exact) mass is 315 g/mol. The van der Waals surface area contributed by atoms with Crippen molar-refractivity contribution in [2.45, 2.75) is 39.8 Å². The summed E-state index contributed by atoms with van der Waals surface area (Å²) in [7, 11) is 0. The highest BCUT2D eigenvalue weighted by molar-refractivity contribution is 9.10. The van der Waals surface area contributed by atoms with Crippen molar-refractivity contribution in [2.24, 2.45) is 5.92 Å². The third-order valence-corrected chi connectivity index (χ3v) is 4.72. The van der Waals surface area contributed by atoms with Gasteiger partial charge in [0.1, 0.15) is 0 Å². The normalized spacial score (nSPS) is 21.4. The molecule has 0 radical (unpaired) electrons. The van der Waals surface area contributed by atoms with Crippen molar-refractivity contribution in [3.63, 3.8) is 0 Å². The van der Waals surface area contributed by atoms with Crippen LogP contribution in [0.15, 0.2) is 4.47 Å². The lowest BCUT2D eigenvalue weighted by molar-refractivity contribution is 0.113. The van der Waals surface area contributed by atoms with Gasteiger partial charge in [0.15, 0.2) is 0 Å². The Kier molecular flexibility index (Phi) is 4.81. The summed E-state index contributed by atoms with van der Waals surface area (Å²) in [5.74, 6) is 0.441. The Morgan fingerprint density at radius 3 is 2.94 bits per heavy atom. The number of halogens is 1. The molecule has 2 rings (SSSR count). The van der Waals surface area contributed by atoms with Crippen molar-refractivity contribution < 1.29 is 5.11 Å². The highest BCUT2D eigenvalue weighted by Gasteiger charge is 2.22. The van der Waals surface area contributed by atoms with Crippen molar-refractivity contribution in [3.8, 4) is 0 Å². The maximum atomic E-state index is 9.28. The number of aromatic nitrogens is 2. The number of piperidine rings is 1. The lowest BCUT2D eigenvalue weighted by atomic mass is 9.99. The Hall–Kier alpha value is -0.390. The van der Waals surface area contributed by atoms with Crippen LogP contribution in [0.5, 0.6) is 0 Å². The van der Waals surface area contributed by atoms with E-state index in [1.807, 2.05) is 6.92 Å². The molecule has 0 bridgehead atoms. The molecule has 0 spiro atoms. The zero-order valence-corrected chi connectivity index (χ0v) is 12.8. The Labute approximate surface area is 117 Å². The second-order valence-electron chi connectivity index (χ2n) is 5.09. The predicted molar refractivity (Wildman–Crippen MR) is 75.4 cm³/mol. The molecular formula is C13H22BrN3O. The first-order chi connectivity index (χ1) is 8.65. The zero-order valence-electron chi connectivity index (χ0n) is 11.2. The summed E-state index contributed by atoms with van der Waals surface area (Å²) in [5, 5.41) is 13.8. The number of hydrogen-bond donors (Lipinski definition) is 1. The van der Waals surface area contributed by atoms with Gasteiger partial charge in [-0.25, -0.2) is 0 Å². The van der Waals surface area contributed by atoms with E-state index >= 15 is 0 Å². The van der Waals surface area contributed by atoms with E-state index in [9.17, 15) is 5.11 Å². The van der Waals surface area contributed by atoms with Crippen molar-refractivity contribution in [1.82, 2.24) is 14.7 Å². The second-order valence-corrected chi connectivity index (χ2v) is 5.88. The number of likely N-dealkylation sites (tertiary alicyclic amines) is 1. The lowest BCUT2D eigenvalue weighted by Crippen LogP contribution is -2.36. The summed E-state index contributed by atoms with van der Waals surface area (Å²) in [6, 6.07) is 0. The standard InChI is InChI=1S/C13H22BrN3O/c1-3-17-12(13(14)10(2)15-17)8-16-6-4-5-11(7-16)9-18/h11,18H,3-9H2,1-2H3. The molecule has 1 fully saturated rings. The molecule has 1 atom stereocenters. The smallest absolute Gasteiger partial charge is 0.0739 e. The fraction of sp³-hybridized carbons (Fsp3) is 0.769. The summed E-state index contributed by atoms with van der Waals surface area (Å²) in [6.45, 7) is 8.41. The van der Waals surface area contributed by atoms with Crippen LogP contribution in [0, 0.1) is 12.8 Å². The number of aliphatic hydroxyl groups is 1. The van der Waals surface area contributed by atoms with Gasteiger partial charge in [0.2, 0.25) is 0 Å². The average Bonchev–Trinajstić information content (AvgIpc) is 2.67. The van der Waals surface area contributed by atoms with Gasteiger partial charge < -0.3 is 5.11 Å². The summed E-state index contributed by atoms with van der Waals surface area (Å²) < 4.78 is 3.21. The van der Waals surface area contributed by atoms with E-state index in [4.69, 9.17) is 0 Å². The van der Waals surface area contributed by atoms with Crippen LogP contribution in [-0.2, 0) is 13.1 Å². The second kappa shape index (κ2) is 6.17. The molecule has 5 heteroatoms. The van der Waals surface area contributed by atoms with Gasteiger partial charge in [-0.3, -0.25) is 9.58 Å². The molecule has 1 saturated heterocycles. The molecule has 0 aliphatic carbocycles. The molecule has 102 valence electrons. The summed E-state index contributed by atoms with van der Waals surface area (Å²) in [5.41, 5.74) is 2.32. The molecule has 1 unspecified atom stereocenters. The average molecular weight is 316 g/mol. The van der Waals surface area contributed by atoms with E-state index in [0.29, 0.717) is 12.5 Å². The molecule has 1 N–H and O–H groups in total. The summed E-state index contributed by atoms with van der Waals surface area (Å²) >= 11 is 3.64. The quantitative estimate of drug-likeness (QED) is 0.926. The molecule has 4 nitrogen and oxygen atoms in total. The molecule has 0 amide bonds. The van der Waals surface area contributed by atoms with Crippen LogP contribution >= 0.6 is 15.9 Å². The van der Waals surface area contributed by atoms with Gasteiger partial charge in [-0.15, -0.1) is 0 Å². The van der Waals surface area contributed by atoms with Crippen LogP contribution in [0.3, 0.4) is 0 Å². The van der Waals surface area contributed by atoms with Gasteiger partial charge in [0.05, 0.1) is 15.9 Å². The Balaban J connectivity index is 2.08. The van der Waals surface area contributed by atoms with Gasteiger partial charge in [-0.05, 0) is 55.1 Å². The molecular weight excluding hydrogens is 294 g/mol. The van der Waals surface area contributed by atoms with E-state index in [1.165, 1.54) is 12.1 Å². The van der Waals surface area contributed by atoms with Crippen LogP contribution in [0.4, 0.5) is 0 Å². The third-order valence-electron chi connectivity index (χ3n) is 3.69. The van der Waals surface area contributed by atoms with Crippen LogP contribution in [-0.4, -0.2) is 39.5 Å². The number of rotatable bonds is 4. The largest absolute Gasteiger partial charge is 0.396 e. The molecule has 2 heterocycles. The number of hydrogen-bond acceptors (Lipinski definition) is 3. The van der Waals surface area contributed by atoms with E-state index < -0.39 is 0 Å². The van der Waals surface area contributed by atoms with Crippen LogP contribution in [0.2, 0.25) is 0 Å². The topological polar surface area (TPSA) is 41.3 Å². The van der Waals surface area contributed by atoms with E-state index in [0.717, 1.165) is 42.8 Å².